The fraction of sp³-hybridized carbons (Fsp3) is 0.636. The van der Waals surface area contributed by atoms with E-state index in [2.05, 4.69) is 11.9 Å². The average Bonchev–Trinajstić information content (AvgIpc) is 2.10. The quantitative estimate of drug-likeness (QED) is 0.705. The van der Waals surface area contributed by atoms with Crippen LogP contribution < -0.4 is 5.32 Å². The van der Waals surface area contributed by atoms with Crippen LogP contribution in [0.1, 0.15) is 27.7 Å². The molecular weight excluding hydrogens is 192 g/mol. The van der Waals surface area contributed by atoms with Crippen LogP contribution in [-0.4, -0.2) is 35.3 Å². The molecule has 0 saturated carbocycles. The SMILES string of the molecule is C=CC(=O)N(CC)CC(=O)NC(C)(C)C. The minimum absolute atomic E-state index is 0.0820. The molecule has 0 atom stereocenters. The molecule has 4 nitrogen and oxygen atoms in total. The number of likely N-dealkylation sites (N-methyl/N-ethyl adjacent to an activating group) is 1. The molecule has 86 valence electrons. The molecule has 0 rings (SSSR count). The van der Waals surface area contributed by atoms with E-state index >= 15 is 0 Å². The molecule has 0 aromatic heterocycles. The van der Waals surface area contributed by atoms with Gasteiger partial charge in [-0.1, -0.05) is 6.58 Å². The van der Waals surface area contributed by atoms with E-state index in [0.29, 0.717) is 6.54 Å². The lowest BCUT2D eigenvalue weighted by molar-refractivity contribution is -0.132. The van der Waals surface area contributed by atoms with Crippen LogP contribution in [0.3, 0.4) is 0 Å². The molecule has 0 radical (unpaired) electrons. The maximum atomic E-state index is 11.5. The van der Waals surface area contributed by atoms with Crippen molar-refractivity contribution in [1.82, 2.24) is 10.2 Å². The zero-order valence-corrected chi connectivity index (χ0v) is 9.96. The van der Waals surface area contributed by atoms with Crippen LogP contribution in [0.5, 0.6) is 0 Å². The second-order valence-electron chi connectivity index (χ2n) is 4.35. The van der Waals surface area contributed by atoms with E-state index in [9.17, 15) is 9.59 Å². The van der Waals surface area contributed by atoms with Crippen molar-refractivity contribution in [3.63, 3.8) is 0 Å². The van der Waals surface area contributed by atoms with Gasteiger partial charge in [-0.2, -0.15) is 0 Å². The van der Waals surface area contributed by atoms with Gasteiger partial charge in [0.05, 0.1) is 6.54 Å². The summed E-state index contributed by atoms with van der Waals surface area (Å²) in [6.45, 7) is 11.5. The standard InChI is InChI=1S/C11H20N2O2/c1-6-10(15)13(7-2)8-9(14)12-11(3,4)5/h6H,1,7-8H2,2-5H3,(H,12,14). The van der Waals surface area contributed by atoms with Crippen molar-refractivity contribution in [2.45, 2.75) is 33.2 Å². The molecule has 0 aliphatic rings. The molecule has 0 aliphatic carbocycles. The van der Waals surface area contributed by atoms with E-state index in [1.807, 2.05) is 27.7 Å². The van der Waals surface area contributed by atoms with Crippen molar-refractivity contribution in [2.75, 3.05) is 13.1 Å². The molecule has 0 aromatic rings. The Morgan fingerprint density at radius 3 is 2.27 bits per heavy atom. The summed E-state index contributed by atoms with van der Waals surface area (Å²) in [5.74, 6) is -0.374. The Kier molecular flexibility index (Phi) is 5.05. The lowest BCUT2D eigenvalue weighted by Crippen LogP contribution is -2.47. The first-order valence-corrected chi connectivity index (χ1v) is 5.02. The maximum Gasteiger partial charge on any atom is 0.246 e. The molecule has 0 aromatic carbocycles. The van der Waals surface area contributed by atoms with Gasteiger partial charge in [-0.25, -0.2) is 0 Å². The molecule has 15 heavy (non-hydrogen) atoms. The third kappa shape index (κ3) is 5.88. The van der Waals surface area contributed by atoms with E-state index in [-0.39, 0.29) is 23.9 Å². The molecule has 0 saturated heterocycles. The van der Waals surface area contributed by atoms with Crippen molar-refractivity contribution in [1.29, 1.82) is 0 Å². The largest absolute Gasteiger partial charge is 0.350 e. The highest BCUT2D eigenvalue weighted by Crippen LogP contribution is 1.99. The normalized spacial score (nSPS) is 10.7. The van der Waals surface area contributed by atoms with Crippen LogP contribution in [0.4, 0.5) is 0 Å². The van der Waals surface area contributed by atoms with Crippen LogP contribution in [0.25, 0.3) is 0 Å². The highest BCUT2D eigenvalue weighted by Gasteiger charge is 2.17. The zero-order chi connectivity index (χ0) is 12.1. The summed E-state index contributed by atoms with van der Waals surface area (Å²) in [6, 6.07) is 0. The number of hydrogen-bond donors (Lipinski definition) is 1. The molecule has 0 fully saturated rings. The topological polar surface area (TPSA) is 49.4 Å². The number of nitrogens with one attached hydrogen (secondary N) is 1. The van der Waals surface area contributed by atoms with Crippen LogP contribution >= 0.6 is 0 Å². The molecule has 0 spiro atoms. The first-order chi connectivity index (χ1) is 6.80. The molecule has 0 bridgehead atoms. The summed E-state index contributed by atoms with van der Waals surface area (Å²) in [4.78, 5) is 24.2. The monoisotopic (exact) mass is 212 g/mol. The van der Waals surface area contributed by atoms with E-state index in [0.717, 1.165) is 0 Å². The van der Waals surface area contributed by atoms with Crippen LogP contribution in [0.2, 0.25) is 0 Å². The van der Waals surface area contributed by atoms with E-state index in [1.54, 1.807) is 0 Å². The van der Waals surface area contributed by atoms with E-state index in [4.69, 9.17) is 0 Å². The summed E-state index contributed by atoms with van der Waals surface area (Å²) < 4.78 is 0. The average molecular weight is 212 g/mol. The second kappa shape index (κ2) is 5.53. The van der Waals surface area contributed by atoms with Gasteiger partial charge in [-0.3, -0.25) is 9.59 Å². The van der Waals surface area contributed by atoms with Crippen LogP contribution in [0, 0.1) is 0 Å². The van der Waals surface area contributed by atoms with Gasteiger partial charge in [0.1, 0.15) is 0 Å². The van der Waals surface area contributed by atoms with Crippen LogP contribution in [0.15, 0.2) is 12.7 Å². The third-order valence-corrected chi connectivity index (χ3v) is 1.72. The minimum Gasteiger partial charge on any atom is -0.350 e. The van der Waals surface area contributed by atoms with Crippen molar-refractivity contribution < 1.29 is 9.59 Å². The van der Waals surface area contributed by atoms with Gasteiger partial charge >= 0.3 is 0 Å². The van der Waals surface area contributed by atoms with Crippen molar-refractivity contribution >= 4 is 11.8 Å². The van der Waals surface area contributed by atoms with Crippen molar-refractivity contribution in [2.24, 2.45) is 0 Å². The first-order valence-electron chi connectivity index (χ1n) is 5.02. The highest BCUT2D eigenvalue weighted by molar-refractivity contribution is 5.90. The summed E-state index contributed by atoms with van der Waals surface area (Å²) in [6.07, 6.45) is 1.22. The Morgan fingerprint density at radius 2 is 1.93 bits per heavy atom. The molecule has 1 N–H and O–H groups in total. The van der Waals surface area contributed by atoms with Gasteiger partial charge in [0, 0.05) is 12.1 Å². The van der Waals surface area contributed by atoms with Crippen molar-refractivity contribution in [3.8, 4) is 0 Å². The first kappa shape index (κ1) is 13.7. The van der Waals surface area contributed by atoms with Gasteiger partial charge in [-0.05, 0) is 33.8 Å². The molecular formula is C11H20N2O2. The van der Waals surface area contributed by atoms with Crippen molar-refractivity contribution in [3.05, 3.63) is 12.7 Å². The number of amides is 2. The minimum atomic E-state index is -0.270. The number of nitrogens with zero attached hydrogens (tertiary/aromatic N) is 1. The fourth-order valence-electron chi connectivity index (χ4n) is 1.11. The van der Waals surface area contributed by atoms with Gasteiger partial charge in [0.15, 0.2) is 0 Å². The lowest BCUT2D eigenvalue weighted by Gasteiger charge is -2.24. The fourth-order valence-corrected chi connectivity index (χ4v) is 1.11. The Balaban J connectivity index is 4.25. The Labute approximate surface area is 91.3 Å². The summed E-state index contributed by atoms with van der Waals surface area (Å²) in [5, 5.41) is 2.80. The zero-order valence-electron chi connectivity index (χ0n) is 9.96. The Morgan fingerprint density at radius 1 is 1.40 bits per heavy atom. The van der Waals surface area contributed by atoms with Gasteiger partial charge in [0.25, 0.3) is 0 Å². The summed E-state index contributed by atoms with van der Waals surface area (Å²) in [7, 11) is 0. The third-order valence-electron chi connectivity index (χ3n) is 1.72. The second-order valence-corrected chi connectivity index (χ2v) is 4.35. The molecule has 0 aliphatic heterocycles. The van der Waals surface area contributed by atoms with E-state index in [1.165, 1.54) is 11.0 Å². The molecule has 4 heteroatoms. The molecule has 2 amide bonds. The van der Waals surface area contributed by atoms with Crippen LogP contribution in [-0.2, 0) is 9.59 Å². The Hall–Kier alpha value is -1.32. The summed E-state index contributed by atoms with van der Waals surface area (Å²) in [5.41, 5.74) is -0.270. The smallest absolute Gasteiger partial charge is 0.246 e. The van der Waals surface area contributed by atoms with E-state index < -0.39 is 0 Å². The lowest BCUT2D eigenvalue weighted by atomic mass is 10.1. The summed E-state index contributed by atoms with van der Waals surface area (Å²) >= 11 is 0. The number of hydrogen-bond acceptors (Lipinski definition) is 2. The number of rotatable bonds is 4. The number of carbonyl (C=O) groups excluding carboxylic acids is 2. The predicted molar refractivity (Wildman–Crippen MR) is 60.3 cm³/mol. The van der Waals surface area contributed by atoms with Gasteiger partial charge in [0.2, 0.25) is 11.8 Å². The van der Waals surface area contributed by atoms with Gasteiger partial charge < -0.3 is 10.2 Å². The Bertz CT molecular complexity index is 254. The molecule has 0 heterocycles. The van der Waals surface area contributed by atoms with Gasteiger partial charge in [-0.15, -0.1) is 0 Å². The highest BCUT2D eigenvalue weighted by atomic mass is 16.2. The maximum absolute atomic E-state index is 11.5. The number of carbonyl (C=O) groups is 2. The molecule has 0 unspecified atom stereocenters. The predicted octanol–water partition coefficient (Wildman–Crippen LogP) is 0.936.